The molecule has 2 fully saturated rings. The van der Waals surface area contributed by atoms with Crippen LogP contribution in [0.2, 0.25) is 0 Å². The van der Waals surface area contributed by atoms with Crippen LogP contribution in [0.15, 0.2) is 28.5 Å². The van der Waals surface area contributed by atoms with Gasteiger partial charge in [-0.1, -0.05) is 6.58 Å². The van der Waals surface area contributed by atoms with Crippen molar-refractivity contribution in [2.45, 2.75) is 51.6 Å². The van der Waals surface area contributed by atoms with E-state index in [0.717, 1.165) is 74.3 Å². The first-order valence-corrected chi connectivity index (χ1v) is 9.21. The van der Waals surface area contributed by atoms with Crippen LogP contribution in [-0.4, -0.2) is 60.5 Å². The Morgan fingerprint density at radius 3 is 2.68 bits per heavy atom. The van der Waals surface area contributed by atoms with Crippen LogP contribution in [0.4, 0.5) is 0 Å². The van der Waals surface area contributed by atoms with E-state index < -0.39 is 0 Å². The Bertz CT molecular complexity index is 546. The Labute approximate surface area is 150 Å². The fraction of sp³-hybridized carbons (Fsp3) is 0.684. The molecule has 0 bridgehead atoms. The molecular formula is C19H31N3O3. The lowest BCUT2D eigenvalue weighted by molar-refractivity contribution is -0.115. The number of nitrogens with two attached hydrogens (primary N) is 1. The minimum atomic E-state index is 0.0638. The lowest BCUT2D eigenvalue weighted by atomic mass is 9.90. The molecule has 2 aliphatic rings. The number of carbonyl (C=O) groups is 1. The molecule has 0 amide bonds. The monoisotopic (exact) mass is 349 g/mol. The van der Waals surface area contributed by atoms with E-state index >= 15 is 0 Å². The van der Waals surface area contributed by atoms with E-state index in [2.05, 4.69) is 16.5 Å². The van der Waals surface area contributed by atoms with Crippen LogP contribution in [-0.2, 0) is 9.53 Å². The van der Waals surface area contributed by atoms with Gasteiger partial charge < -0.3 is 20.5 Å². The van der Waals surface area contributed by atoms with Gasteiger partial charge in [-0.25, -0.2) is 0 Å². The molecule has 0 spiro atoms. The van der Waals surface area contributed by atoms with Crippen molar-refractivity contribution in [3.63, 3.8) is 0 Å². The van der Waals surface area contributed by atoms with E-state index in [1.807, 2.05) is 0 Å². The highest BCUT2D eigenvalue weighted by Gasteiger charge is 2.24. The van der Waals surface area contributed by atoms with Crippen molar-refractivity contribution in [2.75, 3.05) is 32.8 Å². The number of aliphatic hydroxyl groups excluding tert-OH is 1. The summed E-state index contributed by atoms with van der Waals surface area (Å²) in [5, 5.41) is 8.85. The number of ketones is 1. The van der Waals surface area contributed by atoms with E-state index in [1.165, 1.54) is 0 Å². The average Bonchev–Trinajstić information content (AvgIpc) is 2.64. The van der Waals surface area contributed by atoms with E-state index in [9.17, 15) is 4.79 Å². The summed E-state index contributed by atoms with van der Waals surface area (Å²) in [6, 6.07) is 0. The van der Waals surface area contributed by atoms with Crippen LogP contribution < -0.4 is 5.73 Å². The molecule has 1 saturated heterocycles. The summed E-state index contributed by atoms with van der Waals surface area (Å²) in [7, 11) is 0. The van der Waals surface area contributed by atoms with Gasteiger partial charge in [0, 0.05) is 18.8 Å². The standard InChI is InChI=1S/C19H31N3O3/c1-14(24)13-21-18-6-4-3-5-17(18)19(20)15(2)22-9-7-16(8-10-22)25-12-11-23/h16,23H,2-13,20H2,1H3/b19-17-,21-18?. The molecule has 0 atom stereocenters. The number of allylic oxidation sites excluding steroid dienone is 1. The molecule has 2 rings (SSSR count). The number of ether oxygens (including phenoxy) is 1. The third-order valence-corrected chi connectivity index (χ3v) is 4.84. The van der Waals surface area contributed by atoms with Crippen molar-refractivity contribution in [1.29, 1.82) is 0 Å². The minimum absolute atomic E-state index is 0.0638. The normalized spacial score (nSPS) is 23.0. The Hall–Kier alpha value is -1.66. The van der Waals surface area contributed by atoms with Crippen LogP contribution in [0.1, 0.15) is 45.4 Å². The van der Waals surface area contributed by atoms with Crippen LogP contribution in [0, 0.1) is 0 Å². The molecule has 1 aliphatic heterocycles. The van der Waals surface area contributed by atoms with Crippen LogP contribution in [0.3, 0.4) is 0 Å². The smallest absolute Gasteiger partial charge is 0.151 e. The maximum atomic E-state index is 11.2. The van der Waals surface area contributed by atoms with E-state index in [0.29, 0.717) is 6.61 Å². The molecular weight excluding hydrogens is 318 g/mol. The molecule has 3 N–H and O–H groups in total. The number of carbonyl (C=O) groups excluding carboxylic acids is 1. The van der Waals surface area contributed by atoms with Gasteiger partial charge in [0.05, 0.1) is 37.3 Å². The summed E-state index contributed by atoms with van der Waals surface area (Å²) in [5.74, 6) is 0.0692. The third kappa shape index (κ3) is 5.68. The third-order valence-electron chi connectivity index (χ3n) is 4.84. The second-order valence-electron chi connectivity index (χ2n) is 6.79. The van der Waals surface area contributed by atoms with Crippen molar-refractivity contribution < 1.29 is 14.6 Å². The summed E-state index contributed by atoms with van der Waals surface area (Å²) in [6.07, 6.45) is 5.99. The predicted molar refractivity (Wildman–Crippen MR) is 99.4 cm³/mol. The van der Waals surface area contributed by atoms with Gasteiger partial charge in [-0.3, -0.25) is 9.79 Å². The number of hydrogen-bond acceptors (Lipinski definition) is 6. The summed E-state index contributed by atoms with van der Waals surface area (Å²) in [4.78, 5) is 17.9. The molecule has 140 valence electrons. The predicted octanol–water partition coefficient (Wildman–Crippen LogP) is 1.79. The van der Waals surface area contributed by atoms with Crippen LogP contribution in [0.5, 0.6) is 0 Å². The Kier molecular flexibility index (Phi) is 7.65. The maximum absolute atomic E-state index is 11.2. The number of aliphatic hydroxyl groups is 1. The number of rotatable bonds is 7. The van der Waals surface area contributed by atoms with Gasteiger partial charge in [0.1, 0.15) is 0 Å². The highest BCUT2D eigenvalue weighted by atomic mass is 16.5. The zero-order valence-corrected chi connectivity index (χ0v) is 15.3. The number of nitrogens with zero attached hydrogens (tertiary/aromatic N) is 2. The van der Waals surface area contributed by atoms with Gasteiger partial charge in [-0.2, -0.15) is 0 Å². The van der Waals surface area contributed by atoms with Gasteiger partial charge in [0.15, 0.2) is 5.78 Å². The fourth-order valence-corrected chi connectivity index (χ4v) is 3.42. The zero-order valence-electron chi connectivity index (χ0n) is 15.3. The molecule has 6 nitrogen and oxygen atoms in total. The summed E-state index contributed by atoms with van der Waals surface area (Å²) < 4.78 is 5.61. The first kappa shape index (κ1) is 19.7. The molecule has 0 unspecified atom stereocenters. The molecule has 6 heteroatoms. The number of Topliss-reactive ketones (excluding diaryl/α,β-unsaturated/α-hetero) is 1. The SMILES string of the molecule is C=C(/C(N)=C1\CCCCC1=NCC(C)=O)N1CCC(OCCO)CC1. The fourth-order valence-electron chi connectivity index (χ4n) is 3.42. The van der Waals surface area contributed by atoms with Crippen molar-refractivity contribution in [3.05, 3.63) is 23.5 Å². The quantitative estimate of drug-likeness (QED) is 0.731. The molecule has 0 aromatic heterocycles. The summed E-state index contributed by atoms with van der Waals surface area (Å²) in [5.41, 5.74) is 10.1. The molecule has 0 radical (unpaired) electrons. The van der Waals surface area contributed by atoms with Crippen molar-refractivity contribution in [3.8, 4) is 0 Å². The van der Waals surface area contributed by atoms with Gasteiger partial charge in [-0.05, 0) is 51.0 Å². The van der Waals surface area contributed by atoms with Crippen molar-refractivity contribution in [1.82, 2.24) is 4.90 Å². The van der Waals surface area contributed by atoms with Gasteiger partial charge in [0.25, 0.3) is 0 Å². The highest BCUT2D eigenvalue weighted by molar-refractivity contribution is 6.02. The molecule has 25 heavy (non-hydrogen) atoms. The summed E-state index contributed by atoms with van der Waals surface area (Å²) >= 11 is 0. The maximum Gasteiger partial charge on any atom is 0.151 e. The zero-order chi connectivity index (χ0) is 18.2. The lowest BCUT2D eigenvalue weighted by Gasteiger charge is -2.35. The number of aliphatic imine (C=N–C) groups is 1. The summed E-state index contributed by atoms with van der Waals surface area (Å²) in [6.45, 7) is 8.16. The molecule has 0 aromatic carbocycles. The average molecular weight is 349 g/mol. The van der Waals surface area contributed by atoms with Crippen molar-refractivity contribution in [2.24, 2.45) is 10.7 Å². The molecule has 1 saturated carbocycles. The van der Waals surface area contributed by atoms with E-state index in [4.69, 9.17) is 15.6 Å². The van der Waals surface area contributed by atoms with Crippen LogP contribution >= 0.6 is 0 Å². The molecule has 0 aromatic rings. The Morgan fingerprint density at radius 2 is 2.04 bits per heavy atom. The molecule has 1 aliphatic carbocycles. The van der Waals surface area contributed by atoms with Crippen LogP contribution in [0.25, 0.3) is 0 Å². The Morgan fingerprint density at radius 1 is 1.36 bits per heavy atom. The van der Waals surface area contributed by atoms with Gasteiger partial charge >= 0.3 is 0 Å². The van der Waals surface area contributed by atoms with E-state index in [1.54, 1.807) is 6.92 Å². The minimum Gasteiger partial charge on any atom is -0.397 e. The largest absolute Gasteiger partial charge is 0.397 e. The number of likely N-dealkylation sites (tertiary alicyclic amines) is 1. The lowest BCUT2D eigenvalue weighted by Crippen LogP contribution is -2.38. The Balaban J connectivity index is 2.02. The van der Waals surface area contributed by atoms with E-state index in [-0.39, 0.29) is 25.0 Å². The number of hydrogen-bond donors (Lipinski definition) is 2. The first-order valence-electron chi connectivity index (χ1n) is 9.21. The highest BCUT2D eigenvalue weighted by Crippen LogP contribution is 2.27. The topological polar surface area (TPSA) is 88.2 Å². The first-order chi connectivity index (χ1) is 12.0. The number of piperidine rings is 1. The van der Waals surface area contributed by atoms with Gasteiger partial charge in [0.2, 0.25) is 0 Å². The van der Waals surface area contributed by atoms with Gasteiger partial charge in [-0.15, -0.1) is 0 Å². The molecule has 1 heterocycles. The second kappa shape index (κ2) is 9.73. The second-order valence-corrected chi connectivity index (χ2v) is 6.79. The van der Waals surface area contributed by atoms with Crippen molar-refractivity contribution >= 4 is 11.5 Å².